The summed E-state index contributed by atoms with van der Waals surface area (Å²) >= 11 is 0. The zero-order chi connectivity index (χ0) is 28.8. The summed E-state index contributed by atoms with van der Waals surface area (Å²) in [5.41, 5.74) is 0.898. The highest BCUT2D eigenvalue weighted by Crippen LogP contribution is 2.29. The van der Waals surface area contributed by atoms with Gasteiger partial charge in [-0.3, -0.25) is 13.9 Å². The average Bonchev–Trinajstić information content (AvgIpc) is 2.95. The van der Waals surface area contributed by atoms with Crippen molar-refractivity contribution in [3.8, 4) is 16.9 Å². The molecule has 0 bridgehead atoms. The number of aromatic nitrogens is 2. The van der Waals surface area contributed by atoms with Crippen molar-refractivity contribution in [3.05, 3.63) is 122 Å². The molecule has 1 aromatic heterocycles. The molecule has 0 aliphatic heterocycles. The van der Waals surface area contributed by atoms with Crippen LogP contribution >= 0.6 is 0 Å². The van der Waals surface area contributed by atoms with E-state index in [0.717, 1.165) is 10.1 Å². The van der Waals surface area contributed by atoms with Gasteiger partial charge in [0.25, 0.3) is 5.56 Å². The predicted octanol–water partition coefficient (Wildman–Crippen LogP) is 4.18. The SMILES string of the molecule is CNCCN[C@@H](Cn1c(=O)c(-c2cccc(OC)c2F)c(C)n(Cc2c(C)cccc2F)c1=O)c1ccccc1. The smallest absolute Gasteiger partial charge is 0.331 e. The molecule has 0 aliphatic rings. The van der Waals surface area contributed by atoms with Crippen LogP contribution in [0.1, 0.15) is 28.4 Å². The normalized spacial score (nSPS) is 11.9. The first-order valence-electron chi connectivity index (χ1n) is 13.1. The summed E-state index contributed by atoms with van der Waals surface area (Å²) in [6.45, 7) is 4.46. The van der Waals surface area contributed by atoms with E-state index in [0.29, 0.717) is 24.2 Å². The summed E-state index contributed by atoms with van der Waals surface area (Å²) in [7, 11) is 3.18. The van der Waals surface area contributed by atoms with Gasteiger partial charge in [-0.25, -0.2) is 13.6 Å². The van der Waals surface area contributed by atoms with Crippen molar-refractivity contribution in [2.45, 2.75) is 33.0 Å². The zero-order valence-corrected chi connectivity index (χ0v) is 23.1. The number of methoxy groups -OCH3 is 1. The third kappa shape index (κ3) is 5.90. The molecule has 210 valence electrons. The summed E-state index contributed by atoms with van der Waals surface area (Å²) < 4.78 is 38.0. The van der Waals surface area contributed by atoms with Crippen molar-refractivity contribution >= 4 is 0 Å². The fourth-order valence-corrected chi connectivity index (χ4v) is 4.87. The van der Waals surface area contributed by atoms with Gasteiger partial charge >= 0.3 is 5.69 Å². The van der Waals surface area contributed by atoms with Crippen LogP contribution in [0, 0.1) is 25.5 Å². The van der Waals surface area contributed by atoms with Gasteiger partial charge < -0.3 is 15.4 Å². The Morgan fingerprint density at radius 3 is 2.30 bits per heavy atom. The van der Waals surface area contributed by atoms with Gasteiger partial charge in [-0.15, -0.1) is 0 Å². The number of likely N-dealkylation sites (N-methyl/N-ethyl adjacent to an activating group) is 1. The number of aryl methyl sites for hydroxylation is 1. The lowest BCUT2D eigenvalue weighted by molar-refractivity contribution is 0.387. The van der Waals surface area contributed by atoms with Gasteiger partial charge in [0.1, 0.15) is 5.82 Å². The Balaban J connectivity index is 1.96. The Morgan fingerprint density at radius 1 is 0.900 bits per heavy atom. The lowest BCUT2D eigenvalue weighted by Crippen LogP contribution is -2.45. The number of benzene rings is 3. The second kappa shape index (κ2) is 12.8. The monoisotopic (exact) mass is 548 g/mol. The van der Waals surface area contributed by atoms with Gasteiger partial charge in [-0.2, -0.15) is 0 Å². The van der Waals surface area contributed by atoms with E-state index in [2.05, 4.69) is 10.6 Å². The van der Waals surface area contributed by atoms with E-state index in [4.69, 9.17) is 4.74 Å². The van der Waals surface area contributed by atoms with Crippen LogP contribution in [0.25, 0.3) is 11.1 Å². The topological polar surface area (TPSA) is 77.3 Å². The second-order valence-corrected chi connectivity index (χ2v) is 9.62. The summed E-state index contributed by atoms with van der Waals surface area (Å²) in [5, 5.41) is 6.48. The lowest BCUT2D eigenvalue weighted by atomic mass is 10.0. The first kappa shape index (κ1) is 28.9. The lowest BCUT2D eigenvalue weighted by Gasteiger charge is -2.23. The van der Waals surface area contributed by atoms with Gasteiger partial charge in [-0.1, -0.05) is 54.6 Å². The van der Waals surface area contributed by atoms with Crippen LogP contribution in [0.15, 0.2) is 76.3 Å². The molecule has 2 N–H and O–H groups in total. The van der Waals surface area contributed by atoms with Crippen molar-refractivity contribution in [3.63, 3.8) is 0 Å². The van der Waals surface area contributed by atoms with E-state index in [1.807, 2.05) is 37.4 Å². The van der Waals surface area contributed by atoms with Gasteiger partial charge in [0.05, 0.1) is 31.8 Å². The first-order valence-corrected chi connectivity index (χ1v) is 13.1. The van der Waals surface area contributed by atoms with Crippen molar-refractivity contribution in [1.29, 1.82) is 0 Å². The molecule has 0 radical (unpaired) electrons. The van der Waals surface area contributed by atoms with E-state index in [1.54, 1.807) is 32.0 Å². The quantitative estimate of drug-likeness (QED) is 0.275. The fourth-order valence-electron chi connectivity index (χ4n) is 4.87. The van der Waals surface area contributed by atoms with Crippen molar-refractivity contribution < 1.29 is 13.5 Å². The number of ether oxygens (including phenoxy) is 1. The Hall–Kier alpha value is -4.08. The van der Waals surface area contributed by atoms with Crippen molar-refractivity contribution in [2.75, 3.05) is 27.2 Å². The minimum absolute atomic E-state index is 0.00834. The number of hydrogen-bond donors (Lipinski definition) is 2. The van der Waals surface area contributed by atoms with Crippen LogP contribution in [-0.2, 0) is 13.1 Å². The maximum Gasteiger partial charge on any atom is 0.331 e. The highest BCUT2D eigenvalue weighted by atomic mass is 19.1. The maximum atomic E-state index is 15.5. The molecule has 0 saturated heterocycles. The van der Waals surface area contributed by atoms with E-state index in [9.17, 15) is 14.0 Å². The molecule has 0 fully saturated rings. The molecule has 1 heterocycles. The third-order valence-corrected chi connectivity index (χ3v) is 7.14. The van der Waals surface area contributed by atoms with E-state index in [-0.39, 0.29) is 35.7 Å². The van der Waals surface area contributed by atoms with Gasteiger partial charge in [0.2, 0.25) is 0 Å². The fraction of sp³-hybridized carbons (Fsp3) is 0.290. The standard InChI is InChI=1S/C31H34F2N4O3/c1-20-10-8-14-25(32)24(20)18-36-21(2)28(23-13-9-15-27(40-4)29(23)33)30(38)37(31(36)39)19-26(35-17-16-34-3)22-11-6-5-7-12-22/h5-15,26,34-35H,16-19H2,1-4H3/t26-/m0/s1. The summed E-state index contributed by atoms with van der Waals surface area (Å²) in [6, 6.07) is 18.3. The molecule has 7 nitrogen and oxygen atoms in total. The summed E-state index contributed by atoms with van der Waals surface area (Å²) in [6.07, 6.45) is 0. The van der Waals surface area contributed by atoms with Gasteiger partial charge in [0, 0.05) is 29.9 Å². The van der Waals surface area contributed by atoms with E-state index >= 15 is 4.39 Å². The molecule has 9 heteroatoms. The molecule has 0 unspecified atom stereocenters. The minimum atomic E-state index is -0.712. The highest BCUT2D eigenvalue weighted by molar-refractivity contribution is 5.67. The number of rotatable bonds is 11. The van der Waals surface area contributed by atoms with Crippen molar-refractivity contribution in [2.24, 2.45) is 0 Å². The van der Waals surface area contributed by atoms with E-state index < -0.39 is 28.9 Å². The van der Waals surface area contributed by atoms with Crippen LogP contribution in [0.2, 0.25) is 0 Å². The Bertz CT molecular complexity index is 1580. The number of nitrogens with one attached hydrogen (secondary N) is 2. The Morgan fingerprint density at radius 2 is 1.62 bits per heavy atom. The highest BCUT2D eigenvalue weighted by Gasteiger charge is 2.24. The molecule has 0 amide bonds. The van der Waals surface area contributed by atoms with Crippen LogP contribution in [0.4, 0.5) is 8.78 Å². The van der Waals surface area contributed by atoms with Crippen LogP contribution in [-0.4, -0.2) is 36.4 Å². The number of hydrogen-bond acceptors (Lipinski definition) is 5. The molecular formula is C31H34F2N4O3. The second-order valence-electron chi connectivity index (χ2n) is 9.62. The van der Waals surface area contributed by atoms with Gasteiger partial charge in [-0.05, 0) is 44.2 Å². The summed E-state index contributed by atoms with van der Waals surface area (Å²) in [5.74, 6) is -1.20. The average molecular weight is 549 g/mol. The summed E-state index contributed by atoms with van der Waals surface area (Å²) in [4.78, 5) is 28.0. The zero-order valence-electron chi connectivity index (χ0n) is 23.1. The molecule has 0 saturated carbocycles. The third-order valence-electron chi connectivity index (χ3n) is 7.14. The number of halogens is 2. The molecular weight excluding hydrogens is 514 g/mol. The Kier molecular flexibility index (Phi) is 9.29. The van der Waals surface area contributed by atoms with Crippen molar-refractivity contribution in [1.82, 2.24) is 19.8 Å². The van der Waals surface area contributed by atoms with Gasteiger partial charge in [0.15, 0.2) is 11.6 Å². The molecule has 40 heavy (non-hydrogen) atoms. The van der Waals surface area contributed by atoms with Crippen LogP contribution in [0.3, 0.4) is 0 Å². The van der Waals surface area contributed by atoms with Crippen LogP contribution < -0.4 is 26.6 Å². The minimum Gasteiger partial charge on any atom is -0.494 e. The first-order chi connectivity index (χ1) is 19.3. The molecule has 4 aromatic rings. The maximum absolute atomic E-state index is 15.5. The number of nitrogens with zero attached hydrogens (tertiary/aromatic N) is 2. The molecule has 1 atom stereocenters. The van der Waals surface area contributed by atoms with Crippen LogP contribution in [0.5, 0.6) is 5.75 Å². The Labute approximate surface area is 232 Å². The molecule has 3 aromatic carbocycles. The molecule has 0 spiro atoms. The molecule has 0 aliphatic carbocycles. The molecule has 4 rings (SSSR count). The largest absolute Gasteiger partial charge is 0.494 e. The van der Waals surface area contributed by atoms with E-state index in [1.165, 1.54) is 29.9 Å². The predicted molar refractivity (Wildman–Crippen MR) is 153 cm³/mol.